The monoisotopic (exact) mass is 427 g/mol. The number of benzene rings is 1. The van der Waals surface area contributed by atoms with Crippen LogP contribution in [0.3, 0.4) is 0 Å². The van der Waals surface area contributed by atoms with Crippen molar-refractivity contribution >= 4 is 16.9 Å². The number of imidazole rings is 1. The van der Waals surface area contributed by atoms with Crippen molar-refractivity contribution in [1.29, 1.82) is 0 Å². The maximum atomic E-state index is 13.4. The normalized spacial score (nSPS) is 12.7. The minimum atomic E-state index is -0.636. The molecule has 31 heavy (non-hydrogen) atoms. The van der Waals surface area contributed by atoms with E-state index in [-0.39, 0.29) is 40.8 Å². The Morgan fingerprint density at radius 3 is 2.32 bits per heavy atom. The molecule has 1 N–H and O–H groups in total. The number of aryl methyl sites for hydroxylation is 1. The van der Waals surface area contributed by atoms with Crippen LogP contribution in [0.1, 0.15) is 37.3 Å². The second kappa shape index (κ2) is 7.22. The van der Waals surface area contributed by atoms with E-state index in [0.29, 0.717) is 12.0 Å². The molecule has 0 aliphatic heterocycles. The van der Waals surface area contributed by atoms with Gasteiger partial charge in [0.05, 0.1) is 12.1 Å². The molecule has 4 rings (SSSR count). The molecule has 4 aromatic rings. The van der Waals surface area contributed by atoms with E-state index in [9.17, 15) is 23.9 Å². The SMILES string of the molecule is CCC(C)c1c(O)n2c3c(=O)n(C)c(=O)n(C)c3nc2n(Cc2ccc(F)cc2)c1=O. The van der Waals surface area contributed by atoms with Crippen LogP contribution in [0.4, 0.5) is 4.39 Å². The van der Waals surface area contributed by atoms with Crippen LogP contribution in [0.25, 0.3) is 16.9 Å². The van der Waals surface area contributed by atoms with Crippen LogP contribution in [-0.4, -0.2) is 28.2 Å². The quantitative estimate of drug-likeness (QED) is 0.531. The number of hydrogen-bond donors (Lipinski definition) is 1. The Hall–Kier alpha value is -3.69. The lowest BCUT2D eigenvalue weighted by atomic mass is 10.0. The predicted octanol–water partition coefficient (Wildman–Crippen LogP) is 1.45. The molecule has 9 nitrogen and oxygen atoms in total. The molecule has 0 saturated carbocycles. The summed E-state index contributed by atoms with van der Waals surface area (Å²) in [6.45, 7) is 3.73. The molecule has 1 aromatic carbocycles. The molecule has 0 radical (unpaired) electrons. The third-order valence-corrected chi connectivity index (χ3v) is 5.77. The van der Waals surface area contributed by atoms with Crippen molar-refractivity contribution in [2.24, 2.45) is 14.1 Å². The molecule has 3 aromatic heterocycles. The third kappa shape index (κ3) is 2.97. The lowest BCUT2D eigenvalue weighted by Crippen LogP contribution is -2.37. The summed E-state index contributed by atoms with van der Waals surface area (Å²) < 4.78 is 18.0. The van der Waals surface area contributed by atoms with E-state index >= 15 is 0 Å². The van der Waals surface area contributed by atoms with Gasteiger partial charge < -0.3 is 5.11 Å². The highest BCUT2D eigenvalue weighted by Crippen LogP contribution is 2.28. The fraction of sp³-hybridized carbons (Fsp3) is 0.333. The molecule has 10 heteroatoms. The number of aromatic hydroxyl groups is 1. The van der Waals surface area contributed by atoms with E-state index in [2.05, 4.69) is 4.98 Å². The number of hydrogen-bond acceptors (Lipinski definition) is 5. The highest BCUT2D eigenvalue weighted by molar-refractivity contribution is 5.76. The van der Waals surface area contributed by atoms with Crippen LogP contribution in [0.15, 0.2) is 38.6 Å². The zero-order valence-electron chi connectivity index (χ0n) is 17.6. The molecule has 0 fully saturated rings. The van der Waals surface area contributed by atoms with Crippen LogP contribution in [-0.2, 0) is 20.6 Å². The van der Waals surface area contributed by atoms with Crippen LogP contribution in [0.5, 0.6) is 5.88 Å². The maximum Gasteiger partial charge on any atom is 0.332 e. The number of aromatic nitrogens is 5. The Kier molecular flexibility index (Phi) is 4.79. The number of nitrogens with zero attached hydrogens (tertiary/aromatic N) is 5. The van der Waals surface area contributed by atoms with Gasteiger partial charge in [-0.1, -0.05) is 26.0 Å². The number of halogens is 1. The number of rotatable bonds is 4. The van der Waals surface area contributed by atoms with E-state index in [4.69, 9.17) is 0 Å². The van der Waals surface area contributed by atoms with Crippen LogP contribution < -0.4 is 16.8 Å². The minimum absolute atomic E-state index is 0.00508. The van der Waals surface area contributed by atoms with Gasteiger partial charge in [-0.25, -0.2) is 13.6 Å². The van der Waals surface area contributed by atoms with Gasteiger partial charge in [0.25, 0.3) is 11.1 Å². The second-order valence-corrected chi connectivity index (χ2v) is 7.69. The fourth-order valence-electron chi connectivity index (χ4n) is 3.77. The first-order chi connectivity index (χ1) is 14.7. The van der Waals surface area contributed by atoms with E-state index in [1.165, 1.54) is 39.8 Å². The first kappa shape index (κ1) is 20.6. The Labute approximate surface area is 175 Å². The van der Waals surface area contributed by atoms with Gasteiger partial charge in [0.1, 0.15) is 5.82 Å². The molecular formula is C21H22FN5O4. The summed E-state index contributed by atoms with van der Waals surface area (Å²) >= 11 is 0. The van der Waals surface area contributed by atoms with Crippen molar-refractivity contribution < 1.29 is 9.50 Å². The highest BCUT2D eigenvalue weighted by atomic mass is 19.1. The largest absolute Gasteiger partial charge is 0.494 e. The van der Waals surface area contributed by atoms with Gasteiger partial charge in [-0.15, -0.1) is 0 Å². The van der Waals surface area contributed by atoms with E-state index in [1.807, 2.05) is 6.92 Å². The topological polar surface area (TPSA) is 104 Å². The Morgan fingerprint density at radius 1 is 1.06 bits per heavy atom. The van der Waals surface area contributed by atoms with Gasteiger partial charge in [-0.3, -0.25) is 23.3 Å². The summed E-state index contributed by atoms with van der Waals surface area (Å²) in [5.74, 6) is -1.06. The molecule has 0 aliphatic rings. The molecule has 162 valence electrons. The molecule has 1 atom stereocenters. The molecule has 0 bridgehead atoms. The standard InChI is InChI=1S/C21H22FN5O4/c1-5-11(2)14-17(28)26(10-12-6-8-13(22)9-7-12)20-23-16-15(27(20)18(14)29)19(30)25(4)21(31)24(16)3/h6-9,11,29H,5,10H2,1-4H3. The molecule has 3 heterocycles. The van der Waals surface area contributed by atoms with Crippen molar-refractivity contribution in [3.8, 4) is 5.88 Å². The Morgan fingerprint density at radius 2 is 1.71 bits per heavy atom. The molecule has 0 amide bonds. The zero-order chi connectivity index (χ0) is 22.6. The van der Waals surface area contributed by atoms with Gasteiger partial charge in [0.15, 0.2) is 11.2 Å². The summed E-state index contributed by atoms with van der Waals surface area (Å²) in [6, 6.07) is 5.67. The summed E-state index contributed by atoms with van der Waals surface area (Å²) in [6.07, 6.45) is 0.577. The summed E-state index contributed by atoms with van der Waals surface area (Å²) in [5.41, 5.74) is -0.836. The minimum Gasteiger partial charge on any atom is -0.494 e. The van der Waals surface area contributed by atoms with Crippen LogP contribution in [0.2, 0.25) is 0 Å². The molecule has 0 spiro atoms. The third-order valence-electron chi connectivity index (χ3n) is 5.77. The van der Waals surface area contributed by atoms with Crippen molar-refractivity contribution in [2.75, 3.05) is 0 Å². The molecular weight excluding hydrogens is 405 g/mol. The van der Waals surface area contributed by atoms with Crippen molar-refractivity contribution in [2.45, 2.75) is 32.7 Å². The Bertz CT molecular complexity index is 1510. The van der Waals surface area contributed by atoms with Crippen molar-refractivity contribution in [3.63, 3.8) is 0 Å². The van der Waals surface area contributed by atoms with Gasteiger partial charge in [0, 0.05) is 14.1 Å². The molecule has 0 aliphatic carbocycles. The highest BCUT2D eigenvalue weighted by Gasteiger charge is 2.26. The first-order valence-corrected chi connectivity index (χ1v) is 9.85. The maximum absolute atomic E-state index is 13.4. The van der Waals surface area contributed by atoms with Gasteiger partial charge in [0.2, 0.25) is 11.7 Å². The van der Waals surface area contributed by atoms with Gasteiger partial charge in [-0.2, -0.15) is 4.98 Å². The van der Waals surface area contributed by atoms with Crippen molar-refractivity contribution in [3.05, 3.63) is 72.4 Å². The zero-order valence-corrected chi connectivity index (χ0v) is 17.6. The average Bonchev–Trinajstić information content (AvgIpc) is 3.16. The van der Waals surface area contributed by atoms with Crippen LogP contribution in [0, 0.1) is 5.82 Å². The van der Waals surface area contributed by atoms with E-state index in [1.54, 1.807) is 19.1 Å². The smallest absolute Gasteiger partial charge is 0.332 e. The van der Waals surface area contributed by atoms with Crippen molar-refractivity contribution in [1.82, 2.24) is 23.1 Å². The lowest BCUT2D eigenvalue weighted by molar-refractivity contribution is 0.427. The molecule has 1 unspecified atom stereocenters. The summed E-state index contributed by atoms with van der Waals surface area (Å²) in [7, 11) is 2.80. The number of fused-ring (bicyclic) bond motifs is 3. The van der Waals surface area contributed by atoms with Gasteiger partial charge >= 0.3 is 5.69 Å². The molecule has 0 saturated heterocycles. The Balaban J connectivity index is 2.20. The second-order valence-electron chi connectivity index (χ2n) is 7.69. The van der Waals surface area contributed by atoms with E-state index < -0.39 is 22.6 Å². The predicted molar refractivity (Wildman–Crippen MR) is 113 cm³/mol. The van der Waals surface area contributed by atoms with E-state index in [0.717, 1.165) is 4.57 Å². The van der Waals surface area contributed by atoms with Gasteiger partial charge in [-0.05, 0) is 30.0 Å². The lowest BCUT2D eigenvalue weighted by Gasteiger charge is -2.16. The van der Waals surface area contributed by atoms with Crippen LogP contribution >= 0.6 is 0 Å². The fourth-order valence-corrected chi connectivity index (χ4v) is 3.77. The summed E-state index contributed by atoms with van der Waals surface area (Å²) in [4.78, 5) is 43.1. The average molecular weight is 427 g/mol. The summed E-state index contributed by atoms with van der Waals surface area (Å²) in [5, 5.41) is 11.0. The first-order valence-electron chi connectivity index (χ1n) is 9.85.